The molecule has 0 bridgehead atoms. The van der Waals surface area contributed by atoms with E-state index in [2.05, 4.69) is 4.99 Å². The smallest absolute Gasteiger partial charge is 0.344 e. The van der Waals surface area contributed by atoms with E-state index in [0.29, 0.717) is 20.8 Å². The standard InChI is InChI=1S/C13H11Cl2NO3S/c1-16-12(11-10(17)5-19-13(11)18)20-6-7-2-3-8(14)9(15)4-7/h2-4,17H,5-6H2,1H3. The number of aliphatic hydroxyl groups is 1. The number of carbonyl (C=O) groups excluding carboxylic acids is 1. The van der Waals surface area contributed by atoms with Crippen LogP contribution >= 0.6 is 35.0 Å². The van der Waals surface area contributed by atoms with Gasteiger partial charge in [0.15, 0.2) is 0 Å². The molecule has 1 aromatic carbocycles. The van der Waals surface area contributed by atoms with Crippen molar-refractivity contribution in [2.24, 2.45) is 4.99 Å². The van der Waals surface area contributed by atoms with E-state index >= 15 is 0 Å². The number of cyclic esters (lactones) is 1. The van der Waals surface area contributed by atoms with Crippen molar-refractivity contribution >= 4 is 46.0 Å². The van der Waals surface area contributed by atoms with Gasteiger partial charge in [0, 0.05) is 12.8 Å². The zero-order valence-electron chi connectivity index (χ0n) is 10.5. The first-order chi connectivity index (χ1) is 9.52. The second-order valence-corrected chi connectivity index (χ2v) is 5.74. The third-order valence-electron chi connectivity index (χ3n) is 2.61. The van der Waals surface area contributed by atoms with Gasteiger partial charge >= 0.3 is 5.97 Å². The Morgan fingerprint density at radius 3 is 2.75 bits per heavy atom. The van der Waals surface area contributed by atoms with Crippen LogP contribution in [0.3, 0.4) is 0 Å². The monoisotopic (exact) mass is 331 g/mol. The topological polar surface area (TPSA) is 58.9 Å². The van der Waals surface area contributed by atoms with Crippen LogP contribution in [0, 0.1) is 0 Å². The number of ether oxygens (including phenoxy) is 1. The van der Waals surface area contributed by atoms with E-state index in [0.717, 1.165) is 5.56 Å². The molecule has 0 radical (unpaired) electrons. The maximum atomic E-state index is 11.5. The van der Waals surface area contributed by atoms with Gasteiger partial charge < -0.3 is 9.84 Å². The zero-order chi connectivity index (χ0) is 14.7. The molecule has 0 atom stereocenters. The minimum atomic E-state index is -0.551. The van der Waals surface area contributed by atoms with Crippen LogP contribution in [0.2, 0.25) is 10.0 Å². The highest BCUT2D eigenvalue weighted by molar-refractivity contribution is 8.13. The second kappa shape index (κ2) is 6.52. The Hall–Kier alpha value is -1.17. The van der Waals surface area contributed by atoms with Crippen LogP contribution in [0.1, 0.15) is 5.56 Å². The maximum Gasteiger partial charge on any atom is 0.344 e. The van der Waals surface area contributed by atoms with E-state index in [9.17, 15) is 9.90 Å². The number of carbonyl (C=O) groups is 1. The van der Waals surface area contributed by atoms with Gasteiger partial charge in [-0.25, -0.2) is 4.79 Å². The summed E-state index contributed by atoms with van der Waals surface area (Å²) in [6.45, 7) is -0.0967. The van der Waals surface area contributed by atoms with E-state index in [1.807, 2.05) is 6.07 Å². The molecule has 0 unspecified atom stereocenters. The molecule has 4 nitrogen and oxygen atoms in total. The molecule has 7 heteroatoms. The predicted octanol–water partition coefficient (Wildman–Crippen LogP) is 3.62. The van der Waals surface area contributed by atoms with Gasteiger partial charge in [0.1, 0.15) is 23.0 Å². The number of hydrogen-bond donors (Lipinski definition) is 1. The number of esters is 1. The summed E-state index contributed by atoms with van der Waals surface area (Å²) in [5, 5.41) is 11.0. The largest absolute Gasteiger partial charge is 0.508 e. The molecule has 1 aliphatic rings. The van der Waals surface area contributed by atoms with Gasteiger partial charge in [0.2, 0.25) is 0 Å². The number of halogens is 2. The number of hydrogen-bond acceptors (Lipinski definition) is 5. The van der Waals surface area contributed by atoms with Crippen LogP contribution in [0.25, 0.3) is 0 Å². The molecule has 0 aliphatic carbocycles. The van der Waals surface area contributed by atoms with Crippen LogP contribution in [0.15, 0.2) is 34.5 Å². The quantitative estimate of drug-likeness (QED) is 0.522. The molecule has 0 aromatic heterocycles. The summed E-state index contributed by atoms with van der Waals surface area (Å²) in [7, 11) is 1.56. The normalized spacial score (nSPS) is 15.8. The number of thioether (sulfide) groups is 1. The molecular weight excluding hydrogens is 321 g/mol. The predicted molar refractivity (Wildman–Crippen MR) is 81.7 cm³/mol. The fraction of sp³-hybridized carbons (Fsp3) is 0.231. The van der Waals surface area contributed by atoms with Crippen LogP contribution in [-0.4, -0.2) is 29.8 Å². The van der Waals surface area contributed by atoms with Gasteiger partial charge in [0.05, 0.1) is 10.0 Å². The molecule has 106 valence electrons. The number of benzene rings is 1. The van der Waals surface area contributed by atoms with Crippen molar-refractivity contribution in [1.29, 1.82) is 0 Å². The molecule has 0 saturated heterocycles. The van der Waals surface area contributed by atoms with Crippen LogP contribution in [-0.2, 0) is 15.3 Å². The van der Waals surface area contributed by atoms with E-state index in [1.165, 1.54) is 11.8 Å². The summed E-state index contributed by atoms with van der Waals surface area (Å²) >= 11 is 13.1. The summed E-state index contributed by atoms with van der Waals surface area (Å²) in [5.41, 5.74) is 1.08. The lowest BCUT2D eigenvalue weighted by Gasteiger charge is -2.06. The lowest BCUT2D eigenvalue weighted by Crippen LogP contribution is -2.08. The summed E-state index contributed by atoms with van der Waals surface area (Å²) in [4.78, 5) is 15.6. The number of aliphatic imine (C=N–C) groups is 1. The first-order valence-electron chi connectivity index (χ1n) is 5.66. The third kappa shape index (κ3) is 3.29. The fourth-order valence-electron chi connectivity index (χ4n) is 1.64. The SMILES string of the molecule is CN=C(SCc1ccc(Cl)c(Cl)c1)C1=C(O)COC1=O. The Labute approximate surface area is 130 Å². The Morgan fingerprint density at radius 2 is 2.20 bits per heavy atom. The summed E-state index contributed by atoms with van der Waals surface area (Å²) < 4.78 is 4.75. The van der Waals surface area contributed by atoms with Crippen LogP contribution in [0.5, 0.6) is 0 Å². The van der Waals surface area contributed by atoms with E-state index in [-0.39, 0.29) is 17.9 Å². The van der Waals surface area contributed by atoms with Gasteiger partial charge in [-0.15, -0.1) is 11.8 Å². The zero-order valence-corrected chi connectivity index (χ0v) is 12.8. The van der Waals surface area contributed by atoms with E-state index in [1.54, 1.807) is 19.2 Å². The van der Waals surface area contributed by atoms with Crippen molar-refractivity contribution in [2.75, 3.05) is 13.7 Å². The average Bonchev–Trinajstić information content (AvgIpc) is 2.75. The highest BCUT2D eigenvalue weighted by Gasteiger charge is 2.29. The fourth-order valence-corrected chi connectivity index (χ4v) is 2.91. The molecule has 1 aromatic rings. The van der Waals surface area contributed by atoms with Crippen molar-refractivity contribution in [2.45, 2.75) is 5.75 Å². The van der Waals surface area contributed by atoms with Gasteiger partial charge in [0.25, 0.3) is 0 Å². The lowest BCUT2D eigenvalue weighted by atomic mass is 10.2. The van der Waals surface area contributed by atoms with Gasteiger partial charge in [-0.1, -0.05) is 29.3 Å². The molecule has 1 N–H and O–H groups in total. The molecule has 0 amide bonds. The van der Waals surface area contributed by atoms with Crippen molar-refractivity contribution in [3.05, 3.63) is 45.1 Å². The van der Waals surface area contributed by atoms with E-state index in [4.69, 9.17) is 27.9 Å². The molecule has 1 heterocycles. The summed E-state index contributed by atoms with van der Waals surface area (Å²) in [6.07, 6.45) is 0. The molecule has 2 rings (SSSR count). The van der Waals surface area contributed by atoms with E-state index < -0.39 is 5.97 Å². The maximum absolute atomic E-state index is 11.5. The highest BCUT2D eigenvalue weighted by atomic mass is 35.5. The number of nitrogens with zero attached hydrogens (tertiary/aromatic N) is 1. The summed E-state index contributed by atoms with van der Waals surface area (Å²) in [5.74, 6) is -0.0878. The average molecular weight is 332 g/mol. The minimum absolute atomic E-state index is 0.0859. The molecule has 0 spiro atoms. The van der Waals surface area contributed by atoms with Crippen LogP contribution < -0.4 is 0 Å². The molecule has 0 fully saturated rings. The third-order valence-corrected chi connectivity index (χ3v) is 4.49. The lowest BCUT2D eigenvalue weighted by molar-refractivity contribution is -0.135. The molecule has 1 aliphatic heterocycles. The van der Waals surface area contributed by atoms with Crippen molar-refractivity contribution in [1.82, 2.24) is 0 Å². The highest BCUT2D eigenvalue weighted by Crippen LogP contribution is 2.27. The van der Waals surface area contributed by atoms with Gasteiger partial charge in [-0.05, 0) is 17.7 Å². The van der Waals surface area contributed by atoms with Crippen molar-refractivity contribution in [3.8, 4) is 0 Å². The first-order valence-corrected chi connectivity index (χ1v) is 7.40. The number of rotatable bonds is 3. The first kappa shape index (κ1) is 15.2. The van der Waals surface area contributed by atoms with Gasteiger partial charge in [-0.2, -0.15) is 0 Å². The van der Waals surface area contributed by atoms with Gasteiger partial charge in [-0.3, -0.25) is 4.99 Å². The van der Waals surface area contributed by atoms with Crippen molar-refractivity contribution < 1.29 is 14.6 Å². The number of aliphatic hydroxyl groups excluding tert-OH is 1. The Kier molecular flexibility index (Phi) is 4.96. The van der Waals surface area contributed by atoms with Crippen LogP contribution in [0.4, 0.5) is 0 Å². The van der Waals surface area contributed by atoms with Crippen molar-refractivity contribution in [3.63, 3.8) is 0 Å². The minimum Gasteiger partial charge on any atom is -0.508 e. The Balaban J connectivity index is 2.11. The Bertz CT molecular complexity index is 614. The second-order valence-electron chi connectivity index (χ2n) is 3.96. The molecule has 0 saturated carbocycles. The molecular formula is C13H11Cl2NO3S. The molecule has 20 heavy (non-hydrogen) atoms. The Morgan fingerprint density at radius 1 is 1.45 bits per heavy atom. The summed E-state index contributed by atoms with van der Waals surface area (Å²) in [6, 6.07) is 5.31.